The molecule has 6 nitrogen and oxygen atoms in total. The first-order valence-electron chi connectivity index (χ1n) is 11.0. The van der Waals surface area contributed by atoms with Crippen molar-refractivity contribution in [3.8, 4) is 5.75 Å². The average molecular weight is 443 g/mol. The number of aryl methyl sites for hydroxylation is 1. The summed E-state index contributed by atoms with van der Waals surface area (Å²) in [4.78, 5) is 31.8. The number of amides is 1. The maximum Gasteiger partial charge on any atom is 0.295 e. The number of rotatable bonds is 7. The number of hydrogen-bond donors (Lipinski definition) is 1. The third kappa shape index (κ3) is 4.51. The van der Waals surface area contributed by atoms with E-state index in [1.807, 2.05) is 50.2 Å². The van der Waals surface area contributed by atoms with Crippen molar-refractivity contribution in [2.24, 2.45) is 0 Å². The summed E-state index contributed by atoms with van der Waals surface area (Å²) in [5, 5.41) is 11.2. The lowest BCUT2D eigenvalue weighted by Crippen LogP contribution is -2.29. The number of carbonyl (C=O) groups is 2. The van der Waals surface area contributed by atoms with Crippen LogP contribution in [0.5, 0.6) is 5.75 Å². The Morgan fingerprint density at radius 1 is 1.09 bits per heavy atom. The normalized spacial score (nSPS) is 17.4. The maximum atomic E-state index is 13.1. The molecule has 1 fully saturated rings. The van der Waals surface area contributed by atoms with Gasteiger partial charge in [0.25, 0.3) is 11.7 Å². The molecule has 1 N–H and O–H groups in total. The van der Waals surface area contributed by atoms with Crippen molar-refractivity contribution >= 4 is 17.4 Å². The molecular formula is C27H26N2O4. The number of pyridine rings is 1. The van der Waals surface area contributed by atoms with Crippen LogP contribution in [0.15, 0.2) is 78.6 Å². The maximum absolute atomic E-state index is 13.1. The van der Waals surface area contributed by atoms with Gasteiger partial charge in [-0.2, -0.15) is 0 Å². The molecule has 6 heteroatoms. The van der Waals surface area contributed by atoms with E-state index < -0.39 is 17.7 Å². The second-order valence-electron chi connectivity index (χ2n) is 8.03. The van der Waals surface area contributed by atoms with Crippen LogP contribution in [0.3, 0.4) is 0 Å². The summed E-state index contributed by atoms with van der Waals surface area (Å²) < 4.78 is 5.73. The van der Waals surface area contributed by atoms with E-state index in [4.69, 9.17) is 4.74 Å². The number of Topliss-reactive ketones (excluding diaryl/α,β-unsaturated/α-hetero) is 1. The molecule has 0 bridgehead atoms. The zero-order chi connectivity index (χ0) is 23.4. The Morgan fingerprint density at radius 3 is 2.55 bits per heavy atom. The summed E-state index contributed by atoms with van der Waals surface area (Å²) in [6.07, 6.45) is 4.21. The Morgan fingerprint density at radius 2 is 1.88 bits per heavy atom. The van der Waals surface area contributed by atoms with Gasteiger partial charge in [-0.1, -0.05) is 43.3 Å². The van der Waals surface area contributed by atoms with Gasteiger partial charge in [0.05, 0.1) is 18.2 Å². The van der Waals surface area contributed by atoms with E-state index in [2.05, 4.69) is 4.98 Å². The number of likely N-dealkylation sites (tertiary alicyclic amines) is 1. The standard InChI is InChI=1S/C27H26N2O4/c1-3-14-33-22-12-11-21(15-18(22)2)25(30)23-24(20-9-5-4-6-10-20)29(27(32)26(23)31)17-19-8-7-13-28-16-19/h4-13,15-16,24,30H,3,14,17H2,1-2H3/b25-23-. The van der Waals surface area contributed by atoms with Crippen LogP contribution in [0.4, 0.5) is 0 Å². The van der Waals surface area contributed by atoms with Crippen molar-refractivity contribution in [1.82, 2.24) is 9.88 Å². The van der Waals surface area contributed by atoms with Crippen LogP contribution < -0.4 is 4.74 Å². The van der Waals surface area contributed by atoms with Crippen LogP contribution in [-0.2, 0) is 16.1 Å². The van der Waals surface area contributed by atoms with Crippen molar-refractivity contribution in [3.63, 3.8) is 0 Å². The summed E-state index contributed by atoms with van der Waals surface area (Å²) in [7, 11) is 0. The predicted octanol–water partition coefficient (Wildman–Crippen LogP) is 4.80. The summed E-state index contributed by atoms with van der Waals surface area (Å²) in [5.74, 6) is -0.811. The molecule has 0 spiro atoms. The molecule has 1 amide bonds. The van der Waals surface area contributed by atoms with Crippen molar-refractivity contribution in [3.05, 3.63) is 101 Å². The highest BCUT2D eigenvalue weighted by Gasteiger charge is 2.46. The van der Waals surface area contributed by atoms with Crippen LogP contribution in [0.2, 0.25) is 0 Å². The van der Waals surface area contributed by atoms with Gasteiger partial charge in [-0.15, -0.1) is 0 Å². The zero-order valence-electron chi connectivity index (χ0n) is 18.7. The Hall–Kier alpha value is -3.93. The molecule has 0 radical (unpaired) electrons. The van der Waals surface area contributed by atoms with Crippen LogP contribution >= 0.6 is 0 Å². The first kappa shape index (κ1) is 22.3. The third-order valence-corrected chi connectivity index (χ3v) is 5.64. The van der Waals surface area contributed by atoms with E-state index in [9.17, 15) is 14.7 Å². The second-order valence-corrected chi connectivity index (χ2v) is 8.03. The lowest BCUT2D eigenvalue weighted by molar-refractivity contribution is -0.140. The molecule has 2 aromatic carbocycles. The molecular weight excluding hydrogens is 416 g/mol. The fourth-order valence-corrected chi connectivity index (χ4v) is 4.04. The minimum atomic E-state index is -0.706. The van der Waals surface area contributed by atoms with Crippen molar-refractivity contribution in [1.29, 1.82) is 0 Å². The quantitative estimate of drug-likeness (QED) is 0.323. The molecule has 0 saturated carbocycles. The Balaban J connectivity index is 1.79. The van der Waals surface area contributed by atoms with Gasteiger partial charge < -0.3 is 14.7 Å². The monoisotopic (exact) mass is 442 g/mol. The van der Waals surface area contributed by atoms with E-state index >= 15 is 0 Å². The zero-order valence-corrected chi connectivity index (χ0v) is 18.7. The van der Waals surface area contributed by atoms with Gasteiger partial charge >= 0.3 is 0 Å². The minimum absolute atomic E-state index is 0.0803. The van der Waals surface area contributed by atoms with E-state index in [0.29, 0.717) is 12.2 Å². The number of aromatic nitrogens is 1. The van der Waals surface area contributed by atoms with Gasteiger partial charge in [0.15, 0.2) is 0 Å². The SMILES string of the molecule is CCCOc1ccc(/C(O)=C2/C(=O)C(=O)N(Cc3cccnc3)C2c2ccccc2)cc1C. The van der Waals surface area contributed by atoms with Gasteiger partial charge in [-0.3, -0.25) is 14.6 Å². The van der Waals surface area contributed by atoms with E-state index in [0.717, 1.165) is 28.9 Å². The molecule has 168 valence electrons. The molecule has 33 heavy (non-hydrogen) atoms. The molecule has 1 aromatic heterocycles. The van der Waals surface area contributed by atoms with Crippen molar-refractivity contribution in [2.75, 3.05) is 6.61 Å². The van der Waals surface area contributed by atoms with Crippen molar-refractivity contribution in [2.45, 2.75) is 32.9 Å². The first-order chi connectivity index (χ1) is 16.0. The van der Waals surface area contributed by atoms with Gasteiger partial charge in [0.2, 0.25) is 0 Å². The first-order valence-corrected chi connectivity index (χ1v) is 11.0. The summed E-state index contributed by atoms with van der Waals surface area (Å²) in [5.41, 5.74) is 2.94. The molecule has 1 unspecified atom stereocenters. The Bertz CT molecular complexity index is 1190. The summed E-state index contributed by atoms with van der Waals surface area (Å²) in [6.45, 7) is 4.72. The third-order valence-electron chi connectivity index (χ3n) is 5.64. The molecule has 2 heterocycles. The second kappa shape index (κ2) is 9.69. The molecule has 4 rings (SSSR count). The van der Waals surface area contributed by atoms with E-state index in [-0.39, 0.29) is 17.9 Å². The highest BCUT2D eigenvalue weighted by Crippen LogP contribution is 2.40. The van der Waals surface area contributed by atoms with Crippen LogP contribution in [-0.4, -0.2) is 33.3 Å². The fraction of sp³-hybridized carbons (Fsp3) is 0.222. The van der Waals surface area contributed by atoms with Gasteiger partial charge in [-0.25, -0.2) is 0 Å². The van der Waals surface area contributed by atoms with E-state index in [1.54, 1.807) is 36.7 Å². The minimum Gasteiger partial charge on any atom is -0.507 e. The molecule has 1 saturated heterocycles. The Kier molecular flexibility index (Phi) is 6.54. The van der Waals surface area contributed by atoms with Gasteiger partial charge in [0.1, 0.15) is 11.5 Å². The average Bonchev–Trinajstić information content (AvgIpc) is 3.09. The smallest absolute Gasteiger partial charge is 0.295 e. The predicted molar refractivity (Wildman–Crippen MR) is 125 cm³/mol. The molecule has 0 aliphatic carbocycles. The lowest BCUT2D eigenvalue weighted by atomic mass is 9.94. The number of aliphatic hydroxyl groups excluding tert-OH is 1. The van der Waals surface area contributed by atoms with Crippen LogP contribution in [0.1, 0.15) is 41.6 Å². The molecule has 3 aromatic rings. The van der Waals surface area contributed by atoms with Gasteiger partial charge in [0, 0.05) is 24.5 Å². The number of ketones is 1. The van der Waals surface area contributed by atoms with Gasteiger partial charge in [-0.05, 0) is 54.3 Å². The highest BCUT2D eigenvalue weighted by molar-refractivity contribution is 6.46. The van der Waals surface area contributed by atoms with Crippen LogP contribution in [0, 0.1) is 6.92 Å². The number of nitrogens with zero attached hydrogens (tertiary/aromatic N) is 2. The number of benzene rings is 2. The van der Waals surface area contributed by atoms with Crippen molar-refractivity contribution < 1.29 is 19.4 Å². The number of aliphatic hydroxyl groups is 1. The summed E-state index contributed by atoms with van der Waals surface area (Å²) in [6, 6.07) is 17.5. The molecule has 1 aliphatic rings. The number of ether oxygens (including phenoxy) is 1. The Labute approximate surface area is 193 Å². The largest absolute Gasteiger partial charge is 0.507 e. The fourth-order valence-electron chi connectivity index (χ4n) is 4.04. The molecule has 1 aliphatic heterocycles. The van der Waals surface area contributed by atoms with E-state index in [1.165, 1.54) is 4.90 Å². The lowest BCUT2D eigenvalue weighted by Gasteiger charge is -2.25. The molecule has 1 atom stereocenters. The topological polar surface area (TPSA) is 79.7 Å². The number of hydrogen-bond acceptors (Lipinski definition) is 5. The number of carbonyl (C=O) groups excluding carboxylic acids is 2. The summed E-state index contributed by atoms with van der Waals surface area (Å²) >= 11 is 0. The highest BCUT2D eigenvalue weighted by atomic mass is 16.5. The van der Waals surface area contributed by atoms with Crippen LogP contribution in [0.25, 0.3) is 5.76 Å².